The van der Waals surface area contributed by atoms with Gasteiger partial charge in [0.2, 0.25) is 0 Å². The number of carboxylic acid groups (broad SMARTS) is 1. The number of anilines is 1. The Morgan fingerprint density at radius 1 is 1.33 bits per heavy atom. The van der Waals surface area contributed by atoms with Crippen molar-refractivity contribution in [2.24, 2.45) is 0 Å². The lowest BCUT2D eigenvalue weighted by Gasteiger charge is -2.14. The normalized spacial score (nSPS) is 12.4. The van der Waals surface area contributed by atoms with Crippen LogP contribution in [-0.2, 0) is 11.2 Å². The van der Waals surface area contributed by atoms with Gasteiger partial charge in [-0.15, -0.1) is 11.3 Å². The molecule has 3 aromatic rings. The molecule has 2 heterocycles. The fraction of sp³-hybridized carbons (Fsp3) is 0.188. The van der Waals surface area contributed by atoms with E-state index in [0.717, 1.165) is 27.2 Å². The molecule has 0 amide bonds. The van der Waals surface area contributed by atoms with Crippen molar-refractivity contribution in [2.75, 3.05) is 5.32 Å². The summed E-state index contributed by atoms with van der Waals surface area (Å²) in [6, 6.07) is 11.8. The average molecular weight is 300 g/mol. The zero-order valence-corrected chi connectivity index (χ0v) is 12.4. The Morgan fingerprint density at radius 3 is 2.86 bits per heavy atom. The molecule has 1 aromatic carbocycles. The molecule has 0 radical (unpaired) electrons. The lowest BCUT2D eigenvalue weighted by molar-refractivity contribution is -0.136. The van der Waals surface area contributed by atoms with Gasteiger partial charge in [0.25, 0.3) is 0 Å². The quantitative estimate of drug-likeness (QED) is 0.666. The zero-order valence-electron chi connectivity index (χ0n) is 11.6. The summed E-state index contributed by atoms with van der Waals surface area (Å²) in [4.78, 5) is 14.5. The smallest absolute Gasteiger partial charge is 0.307 e. The third-order valence-electron chi connectivity index (χ3n) is 3.49. The number of benzene rings is 1. The van der Waals surface area contributed by atoms with Crippen LogP contribution in [0.15, 0.2) is 41.8 Å². The summed E-state index contributed by atoms with van der Waals surface area (Å²) in [5, 5.41) is 16.6. The van der Waals surface area contributed by atoms with Crippen LogP contribution in [0.5, 0.6) is 0 Å². The second-order valence-corrected chi connectivity index (χ2v) is 5.92. The Morgan fingerprint density at radius 2 is 2.14 bits per heavy atom. The molecule has 0 aliphatic heterocycles. The molecule has 0 saturated carbocycles. The van der Waals surface area contributed by atoms with Gasteiger partial charge in [-0.2, -0.15) is 0 Å². The molecule has 0 fully saturated rings. The van der Waals surface area contributed by atoms with Gasteiger partial charge in [-0.05, 0) is 36.1 Å². The summed E-state index contributed by atoms with van der Waals surface area (Å²) < 4.78 is 0. The van der Waals surface area contributed by atoms with Crippen LogP contribution in [-0.4, -0.2) is 16.1 Å². The van der Waals surface area contributed by atoms with Crippen LogP contribution in [0, 0.1) is 0 Å². The standard InChI is InChI=1S/C16H16N2O2S/c1-10(17-14-7-4-8-21-14)16-12(9-15(19)20)11-5-2-3-6-13(11)18-16/h2-8,10,17-18H,9H2,1H3,(H,19,20). The van der Waals surface area contributed by atoms with Crippen LogP contribution < -0.4 is 5.32 Å². The van der Waals surface area contributed by atoms with Crippen LogP contribution in [0.4, 0.5) is 5.00 Å². The number of aromatic amines is 1. The van der Waals surface area contributed by atoms with Crippen LogP contribution >= 0.6 is 11.3 Å². The zero-order chi connectivity index (χ0) is 14.8. The maximum absolute atomic E-state index is 11.2. The highest BCUT2D eigenvalue weighted by molar-refractivity contribution is 7.14. The first-order chi connectivity index (χ1) is 10.1. The summed E-state index contributed by atoms with van der Waals surface area (Å²) in [6.45, 7) is 2.04. The molecule has 0 aliphatic carbocycles. The Labute approximate surface area is 126 Å². The van der Waals surface area contributed by atoms with Crippen LogP contribution in [0.1, 0.15) is 24.2 Å². The average Bonchev–Trinajstić information content (AvgIpc) is 3.07. The summed E-state index contributed by atoms with van der Waals surface area (Å²) in [7, 11) is 0. The minimum absolute atomic E-state index is 0.0189. The molecule has 21 heavy (non-hydrogen) atoms. The van der Waals surface area contributed by atoms with E-state index in [1.807, 2.05) is 48.7 Å². The van der Waals surface area contributed by atoms with E-state index in [9.17, 15) is 9.90 Å². The molecule has 2 aromatic heterocycles. The van der Waals surface area contributed by atoms with Crippen molar-refractivity contribution in [1.82, 2.24) is 4.98 Å². The number of hydrogen-bond donors (Lipinski definition) is 3. The Kier molecular flexibility index (Phi) is 3.66. The Bertz CT molecular complexity index is 762. The van der Waals surface area contributed by atoms with Gasteiger partial charge >= 0.3 is 5.97 Å². The Hall–Kier alpha value is -2.27. The van der Waals surface area contributed by atoms with Gasteiger partial charge in [-0.3, -0.25) is 4.79 Å². The number of nitrogens with one attached hydrogen (secondary N) is 2. The molecule has 1 atom stereocenters. The number of thiophene rings is 1. The largest absolute Gasteiger partial charge is 0.481 e. The molecule has 0 saturated heterocycles. The van der Waals surface area contributed by atoms with E-state index in [4.69, 9.17) is 0 Å². The van der Waals surface area contributed by atoms with Gasteiger partial charge in [0.05, 0.1) is 17.5 Å². The van der Waals surface area contributed by atoms with Crippen molar-refractivity contribution in [1.29, 1.82) is 0 Å². The number of carbonyl (C=O) groups is 1. The maximum Gasteiger partial charge on any atom is 0.307 e. The first-order valence-electron chi connectivity index (χ1n) is 6.76. The number of carboxylic acids is 1. The van der Waals surface area contributed by atoms with E-state index in [0.29, 0.717) is 0 Å². The first-order valence-corrected chi connectivity index (χ1v) is 7.64. The lowest BCUT2D eigenvalue weighted by atomic mass is 10.0. The topological polar surface area (TPSA) is 65.1 Å². The van der Waals surface area contributed by atoms with Crippen LogP contribution in [0.3, 0.4) is 0 Å². The molecule has 3 N–H and O–H groups in total. The van der Waals surface area contributed by atoms with Gasteiger partial charge in [0.1, 0.15) is 0 Å². The third kappa shape index (κ3) is 2.78. The van der Waals surface area contributed by atoms with E-state index < -0.39 is 5.97 Å². The number of rotatable bonds is 5. The molecular weight excluding hydrogens is 284 g/mol. The number of hydrogen-bond acceptors (Lipinski definition) is 3. The second kappa shape index (κ2) is 5.61. The first kappa shape index (κ1) is 13.7. The molecule has 0 bridgehead atoms. The van der Waals surface area contributed by atoms with Gasteiger partial charge < -0.3 is 15.4 Å². The Balaban J connectivity index is 2.01. The van der Waals surface area contributed by atoms with Gasteiger partial charge in [-0.1, -0.05) is 18.2 Å². The number of fused-ring (bicyclic) bond motifs is 1. The fourth-order valence-corrected chi connectivity index (χ4v) is 3.28. The number of para-hydroxylation sites is 1. The van der Waals surface area contributed by atoms with Gasteiger partial charge in [-0.25, -0.2) is 0 Å². The molecule has 0 spiro atoms. The van der Waals surface area contributed by atoms with Crippen molar-refractivity contribution in [3.05, 3.63) is 53.0 Å². The molecule has 0 aliphatic rings. The molecule has 108 valence electrons. The van der Waals surface area contributed by atoms with E-state index in [2.05, 4.69) is 10.3 Å². The highest BCUT2D eigenvalue weighted by Gasteiger charge is 2.18. The summed E-state index contributed by atoms with van der Waals surface area (Å²) >= 11 is 1.63. The third-order valence-corrected chi connectivity index (χ3v) is 4.29. The van der Waals surface area contributed by atoms with E-state index in [1.165, 1.54) is 0 Å². The van der Waals surface area contributed by atoms with Crippen molar-refractivity contribution in [2.45, 2.75) is 19.4 Å². The molecule has 5 heteroatoms. The molecule has 4 nitrogen and oxygen atoms in total. The van der Waals surface area contributed by atoms with Gasteiger partial charge in [0, 0.05) is 16.6 Å². The summed E-state index contributed by atoms with van der Waals surface area (Å²) in [5.41, 5.74) is 2.77. The van der Waals surface area contributed by atoms with Crippen molar-refractivity contribution < 1.29 is 9.90 Å². The second-order valence-electron chi connectivity index (χ2n) is 4.98. The minimum atomic E-state index is -0.815. The fourth-order valence-electron chi connectivity index (χ4n) is 2.58. The maximum atomic E-state index is 11.2. The monoisotopic (exact) mass is 300 g/mol. The van der Waals surface area contributed by atoms with E-state index in [1.54, 1.807) is 11.3 Å². The summed E-state index contributed by atoms with van der Waals surface area (Å²) in [5.74, 6) is -0.815. The van der Waals surface area contributed by atoms with Crippen LogP contribution in [0.2, 0.25) is 0 Å². The van der Waals surface area contributed by atoms with Crippen molar-refractivity contribution in [3.8, 4) is 0 Å². The molecular formula is C16H16N2O2S. The molecule has 3 rings (SSSR count). The van der Waals surface area contributed by atoms with Crippen molar-refractivity contribution >= 4 is 33.2 Å². The van der Waals surface area contributed by atoms with E-state index in [-0.39, 0.29) is 12.5 Å². The number of aliphatic carboxylic acids is 1. The lowest BCUT2D eigenvalue weighted by Crippen LogP contribution is -2.10. The minimum Gasteiger partial charge on any atom is -0.481 e. The highest BCUT2D eigenvalue weighted by atomic mass is 32.1. The highest BCUT2D eigenvalue weighted by Crippen LogP contribution is 2.30. The SMILES string of the molecule is CC(Nc1cccs1)c1[nH]c2ccccc2c1CC(=O)O. The molecule has 1 unspecified atom stereocenters. The predicted molar refractivity (Wildman–Crippen MR) is 86.0 cm³/mol. The predicted octanol–water partition coefficient (Wildman–Crippen LogP) is 4.03. The number of H-pyrrole nitrogens is 1. The summed E-state index contributed by atoms with van der Waals surface area (Å²) in [6.07, 6.45) is 0.0236. The van der Waals surface area contributed by atoms with E-state index >= 15 is 0 Å². The van der Waals surface area contributed by atoms with Crippen molar-refractivity contribution in [3.63, 3.8) is 0 Å². The van der Waals surface area contributed by atoms with Gasteiger partial charge in [0.15, 0.2) is 0 Å². The number of aromatic nitrogens is 1. The van der Waals surface area contributed by atoms with Crippen LogP contribution in [0.25, 0.3) is 10.9 Å².